The van der Waals surface area contributed by atoms with Gasteiger partial charge in [0.05, 0.1) is 6.61 Å². The number of aliphatic hydroxyl groups is 1. The van der Waals surface area contributed by atoms with Crippen LogP contribution in [0.5, 0.6) is 0 Å². The predicted molar refractivity (Wildman–Crippen MR) is 70.3 cm³/mol. The molecule has 0 saturated heterocycles. The van der Waals surface area contributed by atoms with Crippen molar-refractivity contribution >= 4 is 10.9 Å². The molecule has 1 atom stereocenters. The Kier molecular flexibility index (Phi) is 2.67. The smallest absolute Gasteiger partial charge is 0.0511 e. The first-order chi connectivity index (χ1) is 8.31. The number of para-hydroxylation sites is 1. The van der Waals surface area contributed by atoms with E-state index in [1.807, 2.05) is 0 Å². The van der Waals surface area contributed by atoms with Gasteiger partial charge in [-0.1, -0.05) is 25.1 Å². The maximum Gasteiger partial charge on any atom is 0.0511 e. The summed E-state index contributed by atoms with van der Waals surface area (Å²) in [5.74, 6) is 0.225. The SMILES string of the molecule is CC(CO)c1cc2ccccc2n1C1CCC1. The van der Waals surface area contributed by atoms with Crippen LogP contribution in [0.2, 0.25) is 0 Å². The van der Waals surface area contributed by atoms with Crippen molar-refractivity contribution in [3.63, 3.8) is 0 Å². The molecule has 0 radical (unpaired) electrons. The van der Waals surface area contributed by atoms with Crippen LogP contribution in [0.4, 0.5) is 0 Å². The van der Waals surface area contributed by atoms with E-state index in [0.717, 1.165) is 0 Å². The normalized spacial score (nSPS) is 18.2. The second-order valence-corrected chi connectivity index (χ2v) is 5.17. The number of fused-ring (bicyclic) bond motifs is 1. The molecule has 2 heteroatoms. The Hall–Kier alpha value is -1.28. The highest BCUT2D eigenvalue weighted by molar-refractivity contribution is 5.81. The molecule has 2 aromatic rings. The van der Waals surface area contributed by atoms with Gasteiger partial charge in [0.25, 0.3) is 0 Å². The van der Waals surface area contributed by atoms with E-state index in [1.54, 1.807) is 0 Å². The summed E-state index contributed by atoms with van der Waals surface area (Å²) < 4.78 is 2.46. The molecular formula is C15H19NO. The first-order valence-corrected chi connectivity index (χ1v) is 6.52. The Morgan fingerprint density at radius 1 is 1.35 bits per heavy atom. The number of aliphatic hydroxyl groups excluding tert-OH is 1. The number of rotatable bonds is 3. The van der Waals surface area contributed by atoms with Crippen LogP contribution in [0, 0.1) is 0 Å². The molecule has 1 saturated carbocycles. The average Bonchev–Trinajstić information content (AvgIpc) is 2.66. The van der Waals surface area contributed by atoms with E-state index < -0.39 is 0 Å². The van der Waals surface area contributed by atoms with Gasteiger partial charge in [-0.05, 0) is 36.8 Å². The third-order valence-corrected chi connectivity index (χ3v) is 4.00. The average molecular weight is 229 g/mol. The molecule has 0 amide bonds. The summed E-state index contributed by atoms with van der Waals surface area (Å²) in [5, 5.41) is 10.7. The van der Waals surface area contributed by atoms with E-state index in [9.17, 15) is 5.11 Å². The van der Waals surface area contributed by atoms with E-state index >= 15 is 0 Å². The molecule has 1 heterocycles. The summed E-state index contributed by atoms with van der Waals surface area (Å²) in [5.41, 5.74) is 2.62. The standard InChI is InChI=1S/C15H19NO/c1-11(10-17)15-9-12-5-2-3-8-14(12)16(15)13-6-4-7-13/h2-3,5,8-9,11,13,17H,4,6-7,10H2,1H3. The Labute approximate surface area is 102 Å². The predicted octanol–water partition coefficient (Wildman–Crippen LogP) is 3.46. The second-order valence-electron chi connectivity index (χ2n) is 5.17. The summed E-state index contributed by atoms with van der Waals surface area (Å²) in [6.07, 6.45) is 3.90. The van der Waals surface area contributed by atoms with Crippen molar-refractivity contribution in [2.75, 3.05) is 6.61 Å². The van der Waals surface area contributed by atoms with E-state index in [2.05, 4.69) is 41.8 Å². The Morgan fingerprint density at radius 3 is 2.76 bits per heavy atom. The van der Waals surface area contributed by atoms with Gasteiger partial charge in [-0.2, -0.15) is 0 Å². The Morgan fingerprint density at radius 2 is 2.12 bits per heavy atom. The van der Waals surface area contributed by atoms with Crippen LogP contribution in [0.3, 0.4) is 0 Å². The molecule has 1 unspecified atom stereocenters. The van der Waals surface area contributed by atoms with Gasteiger partial charge >= 0.3 is 0 Å². The zero-order valence-electron chi connectivity index (χ0n) is 10.3. The summed E-state index contributed by atoms with van der Waals surface area (Å²) in [7, 11) is 0. The fraction of sp³-hybridized carbons (Fsp3) is 0.467. The van der Waals surface area contributed by atoms with E-state index in [-0.39, 0.29) is 12.5 Å². The highest BCUT2D eigenvalue weighted by Gasteiger charge is 2.25. The van der Waals surface area contributed by atoms with Crippen LogP contribution >= 0.6 is 0 Å². The molecule has 3 rings (SSSR count). The lowest BCUT2D eigenvalue weighted by Gasteiger charge is -2.31. The highest BCUT2D eigenvalue weighted by Crippen LogP contribution is 2.38. The van der Waals surface area contributed by atoms with Crippen LogP contribution in [-0.4, -0.2) is 16.3 Å². The molecule has 1 aromatic heterocycles. The van der Waals surface area contributed by atoms with Crippen molar-refractivity contribution in [3.8, 4) is 0 Å². The zero-order chi connectivity index (χ0) is 11.8. The first kappa shape index (κ1) is 10.8. The third-order valence-electron chi connectivity index (χ3n) is 4.00. The molecule has 1 aromatic carbocycles. The van der Waals surface area contributed by atoms with Gasteiger partial charge in [-0.15, -0.1) is 0 Å². The molecule has 0 bridgehead atoms. The van der Waals surface area contributed by atoms with Crippen molar-refractivity contribution < 1.29 is 5.11 Å². The van der Waals surface area contributed by atoms with Crippen molar-refractivity contribution in [2.45, 2.75) is 38.1 Å². The minimum atomic E-state index is 0.225. The van der Waals surface area contributed by atoms with E-state index in [4.69, 9.17) is 0 Å². The summed E-state index contributed by atoms with van der Waals surface area (Å²) in [6.45, 7) is 2.33. The Balaban J connectivity index is 2.18. The summed E-state index contributed by atoms with van der Waals surface area (Å²) in [4.78, 5) is 0. The largest absolute Gasteiger partial charge is 0.396 e. The number of hydrogen-bond donors (Lipinski definition) is 1. The van der Waals surface area contributed by atoms with Crippen molar-refractivity contribution in [1.82, 2.24) is 4.57 Å². The van der Waals surface area contributed by atoms with Crippen LogP contribution < -0.4 is 0 Å². The van der Waals surface area contributed by atoms with E-state index in [1.165, 1.54) is 35.9 Å². The lowest BCUT2D eigenvalue weighted by molar-refractivity contribution is 0.257. The summed E-state index contributed by atoms with van der Waals surface area (Å²) in [6, 6.07) is 11.4. The van der Waals surface area contributed by atoms with Crippen LogP contribution in [-0.2, 0) is 0 Å². The maximum absolute atomic E-state index is 9.40. The van der Waals surface area contributed by atoms with E-state index in [0.29, 0.717) is 6.04 Å². The minimum absolute atomic E-state index is 0.225. The van der Waals surface area contributed by atoms with Crippen LogP contribution in [0.1, 0.15) is 43.8 Å². The van der Waals surface area contributed by atoms with Gasteiger partial charge in [0.2, 0.25) is 0 Å². The maximum atomic E-state index is 9.40. The second kappa shape index (κ2) is 4.19. The molecule has 17 heavy (non-hydrogen) atoms. The zero-order valence-corrected chi connectivity index (χ0v) is 10.3. The van der Waals surface area contributed by atoms with Crippen LogP contribution in [0.25, 0.3) is 10.9 Å². The lowest BCUT2D eigenvalue weighted by Crippen LogP contribution is -2.20. The molecular weight excluding hydrogens is 210 g/mol. The number of hydrogen-bond acceptors (Lipinski definition) is 1. The van der Waals surface area contributed by atoms with Gasteiger partial charge in [0, 0.05) is 23.2 Å². The molecule has 1 aliphatic rings. The first-order valence-electron chi connectivity index (χ1n) is 6.52. The number of aromatic nitrogens is 1. The third kappa shape index (κ3) is 1.67. The number of nitrogens with zero attached hydrogens (tertiary/aromatic N) is 1. The molecule has 2 nitrogen and oxygen atoms in total. The monoisotopic (exact) mass is 229 g/mol. The topological polar surface area (TPSA) is 25.2 Å². The Bertz CT molecular complexity index is 525. The van der Waals surface area contributed by atoms with Crippen LogP contribution in [0.15, 0.2) is 30.3 Å². The van der Waals surface area contributed by atoms with Crippen molar-refractivity contribution in [2.24, 2.45) is 0 Å². The molecule has 1 N–H and O–H groups in total. The molecule has 90 valence electrons. The van der Waals surface area contributed by atoms with Crippen molar-refractivity contribution in [3.05, 3.63) is 36.0 Å². The van der Waals surface area contributed by atoms with Crippen molar-refractivity contribution in [1.29, 1.82) is 0 Å². The molecule has 0 aliphatic heterocycles. The lowest BCUT2D eigenvalue weighted by atomic mass is 9.92. The highest BCUT2D eigenvalue weighted by atomic mass is 16.3. The molecule has 1 fully saturated rings. The quantitative estimate of drug-likeness (QED) is 0.856. The molecule has 0 spiro atoms. The van der Waals surface area contributed by atoms with Gasteiger partial charge in [0.15, 0.2) is 0 Å². The number of benzene rings is 1. The summed E-state index contributed by atoms with van der Waals surface area (Å²) >= 11 is 0. The van der Waals surface area contributed by atoms with Gasteiger partial charge in [0.1, 0.15) is 0 Å². The molecule has 1 aliphatic carbocycles. The minimum Gasteiger partial charge on any atom is -0.396 e. The fourth-order valence-corrected chi connectivity index (χ4v) is 2.72. The van der Waals surface area contributed by atoms with Gasteiger partial charge < -0.3 is 9.67 Å². The van der Waals surface area contributed by atoms with Gasteiger partial charge in [-0.3, -0.25) is 0 Å². The fourth-order valence-electron chi connectivity index (χ4n) is 2.72. The van der Waals surface area contributed by atoms with Gasteiger partial charge in [-0.25, -0.2) is 0 Å².